The standard InChI is InChI=1S/C20H19ClN4OS/c21-15-4-1-12(2-5-15)7-16(22)10-23-20-24-11-18(27-20)13-3-6-17-14(8-13)9-19(26)25-17/h1-6,8,11,16H,7,9-10,22H2,(H,23,24)(H,25,26). The van der Waals surface area contributed by atoms with Crippen LogP contribution in [0.4, 0.5) is 10.8 Å². The highest BCUT2D eigenvalue weighted by molar-refractivity contribution is 7.18. The van der Waals surface area contributed by atoms with E-state index in [0.717, 1.165) is 43.8 Å². The molecule has 4 rings (SSSR count). The van der Waals surface area contributed by atoms with Crippen molar-refractivity contribution in [2.45, 2.75) is 18.9 Å². The fourth-order valence-electron chi connectivity index (χ4n) is 3.09. The maximum Gasteiger partial charge on any atom is 0.228 e. The number of nitrogens with zero attached hydrogens (tertiary/aromatic N) is 1. The molecule has 1 aliphatic heterocycles. The molecular formula is C20H19ClN4OS. The maximum absolute atomic E-state index is 11.5. The largest absolute Gasteiger partial charge is 0.360 e. The summed E-state index contributed by atoms with van der Waals surface area (Å²) in [6, 6.07) is 13.7. The highest BCUT2D eigenvalue weighted by Gasteiger charge is 2.18. The number of hydrogen-bond acceptors (Lipinski definition) is 5. The number of thiazole rings is 1. The van der Waals surface area contributed by atoms with E-state index in [4.69, 9.17) is 17.3 Å². The summed E-state index contributed by atoms with van der Waals surface area (Å²) >= 11 is 7.49. The molecule has 1 atom stereocenters. The minimum atomic E-state index is -0.0180. The van der Waals surface area contributed by atoms with E-state index in [-0.39, 0.29) is 11.9 Å². The van der Waals surface area contributed by atoms with Crippen molar-refractivity contribution in [1.29, 1.82) is 0 Å². The number of halogens is 1. The van der Waals surface area contributed by atoms with Crippen molar-refractivity contribution in [2.24, 2.45) is 5.73 Å². The number of aromatic nitrogens is 1. The third-order valence-electron chi connectivity index (χ3n) is 4.45. The van der Waals surface area contributed by atoms with Gasteiger partial charge < -0.3 is 16.4 Å². The van der Waals surface area contributed by atoms with Crippen LogP contribution >= 0.6 is 22.9 Å². The summed E-state index contributed by atoms with van der Waals surface area (Å²) in [5.41, 5.74) is 10.4. The number of nitrogens with one attached hydrogen (secondary N) is 2. The molecule has 0 bridgehead atoms. The lowest BCUT2D eigenvalue weighted by Gasteiger charge is -2.12. The smallest absolute Gasteiger partial charge is 0.228 e. The van der Waals surface area contributed by atoms with Gasteiger partial charge >= 0.3 is 0 Å². The molecule has 4 N–H and O–H groups in total. The number of carbonyl (C=O) groups excluding carboxylic acids is 1. The van der Waals surface area contributed by atoms with Crippen LogP contribution in [0.15, 0.2) is 48.7 Å². The van der Waals surface area contributed by atoms with Gasteiger partial charge in [0.05, 0.1) is 11.3 Å². The summed E-state index contributed by atoms with van der Waals surface area (Å²) in [5.74, 6) is 0.0449. The van der Waals surface area contributed by atoms with Crippen LogP contribution < -0.4 is 16.4 Å². The van der Waals surface area contributed by atoms with E-state index in [1.807, 2.05) is 42.6 Å². The number of hydrogen-bond donors (Lipinski definition) is 3. The van der Waals surface area contributed by atoms with E-state index in [0.29, 0.717) is 13.0 Å². The molecule has 0 saturated carbocycles. The molecule has 0 aliphatic carbocycles. The molecule has 1 amide bonds. The van der Waals surface area contributed by atoms with Gasteiger partial charge in [-0.2, -0.15) is 0 Å². The number of anilines is 2. The van der Waals surface area contributed by atoms with E-state index >= 15 is 0 Å². The summed E-state index contributed by atoms with van der Waals surface area (Å²) in [5, 5.41) is 7.74. The Hall–Kier alpha value is -2.41. The molecule has 0 radical (unpaired) electrons. The summed E-state index contributed by atoms with van der Waals surface area (Å²) < 4.78 is 0. The van der Waals surface area contributed by atoms with Crippen molar-refractivity contribution >= 4 is 39.7 Å². The van der Waals surface area contributed by atoms with E-state index < -0.39 is 0 Å². The van der Waals surface area contributed by atoms with Crippen LogP contribution in [0.3, 0.4) is 0 Å². The summed E-state index contributed by atoms with van der Waals surface area (Å²) in [7, 11) is 0. The van der Waals surface area contributed by atoms with Gasteiger partial charge in [-0.1, -0.05) is 41.1 Å². The second-order valence-corrected chi connectivity index (χ2v) is 8.07. The second kappa shape index (κ2) is 7.68. The van der Waals surface area contributed by atoms with Crippen LogP contribution in [-0.4, -0.2) is 23.5 Å². The minimum Gasteiger partial charge on any atom is -0.360 e. The van der Waals surface area contributed by atoms with E-state index in [2.05, 4.69) is 21.7 Å². The normalized spacial score (nSPS) is 13.9. The molecule has 2 heterocycles. The zero-order valence-corrected chi connectivity index (χ0v) is 16.1. The van der Waals surface area contributed by atoms with Gasteiger partial charge in [0.1, 0.15) is 0 Å². The molecule has 1 unspecified atom stereocenters. The van der Waals surface area contributed by atoms with Crippen LogP contribution in [0.2, 0.25) is 5.02 Å². The van der Waals surface area contributed by atoms with Crippen molar-refractivity contribution in [1.82, 2.24) is 4.98 Å². The van der Waals surface area contributed by atoms with Gasteiger partial charge in [-0.15, -0.1) is 0 Å². The first-order valence-electron chi connectivity index (χ1n) is 8.70. The maximum atomic E-state index is 11.5. The Morgan fingerprint density at radius 2 is 2.07 bits per heavy atom. The molecule has 1 aromatic heterocycles. The van der Waals surface area contributed by atoms with Crippen LogP contribution in [0.5, 0.6) is 0 Å². The third kappa shape index (κ3) is 4.30. The topological polar surface area (TPSA) is 80.0 Å². The lowest BCUT2D eigenvalue weighted by molar-refractivity contribution is -0.115. The van der Waals surface area contributed by atoms with Crippen LogP contribution in [0, 0.1) is 0 Å². The first kappa shape index (κ1) is 18.0. The van der Waals surface area contributed by atoms with Crippen molar-refractivity contribution in [3.8, 4) is 10.4 Å². The van der Waals surface area contributed by atoms with Crippen molar-refractivity contribution in [3.63, 3.8) is 0 Å². The molecule has 0 fully saturated rings. The number of nitrogens with two attached hydrogens (primary N) is 1. The second-order valence-electron chi connectivity index (χ2n) is 6.60. The highest BCUT2D eigenvalue weighted by Crippen LogP contribution is 2.33. The van der Waals surface area contributed by atoms with Gasteiger partial charge in [-0.05, 0) is 47.4 Å². The number of carbonyl (C=O) groups is 1. The van der Waals surface area contributed by atoms with E-state index in [1.54, 1.807) is 11.3 Å². The van der Waals surface area contributed by atoms with Crippen LogP contribution in [0.25, 0.3) is 10.4 Å². The molecule has 5 nitrogen and oxygen atoms in total. The average molecular weight is 399 g/mol. The Morgan fingerprint density at radius 1 is 1.26 bits per heavy atom. The lowest BCUT2D eigenvalue weighted by Crippen LogP contribution is -2.31. The van der Waals surface area contributed by atoms with Crippen molar-refractivity contribution < 1.29 is 4.79 Å². The average Bonchev–Trinajstić information content (AvgIpc) is 3.26. The Bertz CT molecular complexity index is 970. The molecular weight excluding hydrogens is 380 g/mol. The Morgan fingerprint density at radius 3 is 2.89 bits per heavy atom. The van der Waals surface area contributed by atoms with E-state index in [9.17, 15) is 4.79 Å². The minimum absolute atomic E-state index is 0.0180. The summed E-state index contributed by atoms with van der Waals surface area (Å²) in [6.07, 6.45) is 3.06. The zero-order chi connectivity index (χ0) is 18.8. The monoisotopic (exact) mass is 398 g/mol. The molecule has 0 saturated heterocycles. The molecule has 7 heteroatoms. The van der Waals surface area contributed by atoms with Crippen LogP contribution in [0.1, 0.15) is 11.1 Å². The SMILES string of the molecule is NC(CNc1ncc(-c2ccc3c(c2)CC(=O)N3)s1)Cc1ccc(Cl)cc1. The van der Waals surface area contributed by atoms with Gasteiger partial charge in [0, 0.05) is 29.5 Å². The molecule has 2 aromatic carbocycles. The van der Waals surface area contributed by atoms with Gasteiger partial charge in [0.15, 0.2) is 5.13 Å². The van der Waals surface area contributed by atoms with Crippen molar-refractivity contribution in [2.75, 3.05) is 17.2 Å². The lowest BCUT2D eigenvalue weighted by atomic mass is 10.1. The first-order chi connectivity index (χ1) is 13.1. The molecule has 3 aromatic rings. The first-order valence-corrected chi connectivity index (χ1v) is 9.89. The number of benzene rings is 2. The number of amides is 1. The number of rotatable bonds is 6. The molecule has 1 aliphatic rings. The quantitative estimate of drug-likeness (QED) is 0.587. The summed E-state index contributed by atoms with van der Waals surface area (Å²) in [4.78, 5) is 17.0. The fraction of sp³-hybridized carbons (Fsp3) is 0.200. The van der Waals surface area contributed by atoms with Crippen LogP contribution in [-0.2, 0) is 17.6 Å². The Kier molecular flexibility index (Phi) is 5.11. The van der Waals surface area contributed by atoms with Gasteiger partial charge in [0.25, 0.3) is 0 Å². The van der Waals surface area contributed by atoms with Crippen molar-refractivity contribution in [3.05, 3.63) is 64.8 Å². The number of fused-ring (bicyclic) bond motifs is 1. The zero-order valence-electron chi connectivity index (χ0n) is 14.5. The van der Waals surface area contributed by atoms with Gasteiger partial charge in [-0.3, -0.25) is 4.79 Å². The van der Waals surface area contributed by atoms with Gasteiger partial charge in [0.2, 0.25) is 5.91 Å². The summed E-state index contributed by atoms with van der Waals surface area (Å²) in [6.45, 7) is 0.637. The predicted octanol–water partition coefficient (Wildman–Crippen LogP) is 3.94. The molecule has 27 heavy (non-hydrogen) atoms. The fourth-order valence-corrected chi connectivity index (χ4v) is 4.03. The van der Waals surface area contributed by atoms with E-state index in [1.165, 1.54) is 0 Å². The highest BCUT2D eigenvalue weighted by atomic mass is 35.5. The predicted molar refractivity (Wildman–Crippen MR) is 112 cm³/mol. The Labute approximate surface area is 166 Å². The third-order valence-corrected chi connectivity index (χ3v) is 5.70. The molecule has 0 spiro atoms. The Balaban J connectivity index is 1.36. The van der Waals surface area contributed by atoms with Gasteiger partial charge in [-0.25, -0.2) is 4.98 Å². The molecule has 138 valence electrons.